The molecule has 0 aromatic heterocycles. The number of anilines is 1. The van der Waals surface area contributed by atoms with E-state index in [0.29, 0.717) is 22.7 Å². The van der Waals surface area contributed by atoms with Crippen LogP contribution in [0.2, 0.25) is 0 Å². The molecule has 0 unspecified atom stereocenters. The molecule has 2 aromatic carbocycles. The van der Waals surface area contributed by atoms with Crippen molar-refractivity contribution in [3.05, 3.63) is 53.6 Å². The molecule has 1 aliphatic carbocycles. The smallest absolute Gasteiger partial charge is 0.238 e. The molecule has 3 rings (SSSR count). The molecule has 0 aliphatic heterocycles. The van der Waals surface area contributed by atoms with Crippen LogP contribution in [0.3, 0.4) is 0 Å². The molecule has 144 valence electrons. The molecule has 1 fully saturated rings. The summed E-state index contributed by atoms with van der Waals surface area (Å²) in [5.41, 5.74) is 0.962. The summed E-state index contributed by atoms with van der Waals surface area (Å²) in [6, 6.07) is 8.87. The molecule has 7 heteroatoms. The summed E-state index contributed by atoms with van der Waals surface area (Å²) >= 11 is 0. The van der Waals surface area contributed by atoms with Crippen LogP contribution in [-0.4, -0.2) is 37.6 Å². The van der Waals surface area contributed by atoms with Crippen LogP contribution in [0.5, 0.6) is 11.5 Å². The second-order valence-corrected chi connectivity index (χ2v) is 6.49. The molecule has 2 aromatic rings. The largest absolute Gasteiger partial charge is 0.493 e. The van der Waals surface area contributed by atoms with Gasteiger partial charge in [0.15, 0.2) is 11.5 Å². The van der Waals surface area contributed by atoms with Crippen LogP contribution in [0.25, 0.3) is 0 Å². The second-order valence-electron chi connectivity index (χ2n) is 6.49. The van der Waals surface area contributed by atoms with E-state index in [9.17, 15) is 13.6 Å². The van der Waals surface area contributed by atoms with Crippen LogP contribution in [0.4, 0.5) is 14.5 Å². The average molecular weight is 376 g/mol. The molecule has 0 saturated heterocycles. The standard InChI is InChI=1S/C20H22F2N2O3/c1-26-18-8-5-15(10-19(18)27-2)23-20(25)12-24(16-6-7-16)11-13-3-4-14(21)9-17(13)22/h3-5,8-10,16H,6-7,11-12H2,1-2H3,(H,23,25). The van der Waals surface area contributed by atoms with Gasteiger partial charge in [0, 0.05) is 36.0 Å². The molecule has 0 radical (unpaired) electrons. The van der Waals surface area contributed by atoms with Crippen molar-refractivity contribution in [1.82, 2.24) is 4.90 Å². The summed E-state index contributed by atoms with van der Waals surface area (Å²) in [6.45, 7) is 0.381. The number of carbonyl (C=O) groups is 1. The van der Waals surface area contributed by atoms with Crippen molar-refractivity contribution < 1.29 is 23.0 Å². The Morgan fingerprint density at radius 2 is 1.85 bits per heavy atom. The van der Waals surface area contributed by atoms with Gasteiger partial charge in [0.2, 0.25) is 5.91 Å². The molecule has 1 N–H and O–H groups in total. The first-order chi connectivity index (χ1) is 13.0. The monoisotopic (exact) mass is 376 g/mol. The van der Waals surface area contributed by atoms with Gasteiger partial charge in [-0.1, -0.05) is 6.07 Å². The number of rotatable bonds is 8. The average Bonchev–Trinajstić information content (AvgIpc) is 3.48. The SMILES string of the molecule is COc1ccc(NC(=O)CN(Cc2ccc(F)cc2F)C2CC2)cc1OC. The Bertz CT molecular complexity index is 825. The second kappa shape index (κ2) is 8.35. The van der Waals surface area contributed by atoms with Crippen molar-refractivity contribution in [2.75, 3.05) is 26.1 Å². The van der Waals surface area contributed by atoms with Crippen molar-refractivity contribution in [3.63, 3.8) is 0 Å². The molecule has 0 spiro atoms. The third-order valence-corrected chi connectivity index (χ3v) is 4.47. The lowest BCUT2D eigenvalue weighted by atomic mass is 10.2. The van der Waals surface area contributed by atoms with Gasteiger partial charge in [-0.15, -0.1) is 0 Å². The van der Waals surface area contributed by atoms with Gasteiger partial charge in [0.05, 0.1) is 20.8 Å². The molecule has 1 saturated carbocycles. The Morgan fingerprint density at radius 1 is 1.11 bits per heavy atom. The Balaban J connectivity index is 1.65. The van der Waals surface area contributed by atoms with Crippen molar-refractivity contribution in [2.24, 2.45) is 0 Å². The summed E-state index contributed by atoms with van der Waals surface area (Å²) in [5, 5.41) is 2.82. The Hall–Kier alpha value is -2.67. The highest BCUT2D eigenvalue weighted by Crippen LogP contribution is 2.31. The van der Waals surface area contributed by atoms with Crippen LogP contribution in [0.1, 0.15) is 18.4 Å². The van der Waals surface area contributed by atoms with E-state index in [1.54, 1.807) is 18.2 Å². The van der Waals surface area contributed by atoms with Crippen molar-refractivity contribution in [1.29, 1.82) is 0 Å². The van der Waals surface area contributed by atoms with Gasteiger partial charge >= 0.3 is 0 Å². The van der Waals surface area contributed by atoms with Crippen LogP contribution < -0.4 is 14.8 Å². The Labute approximate surface area is 156 Å². The maximum atomic E-state index is 13.9. The van der Waals surface area contributed by atoms with Crippen molar-refractivity contribution in [2.45, 2.75) is 25.4 Å². The third-order valence-electron chi connectivity index (χ3n) is 4.47. The molecule has 1 amide bonds. The molecule has 0 bridgehead atoms. The van der Waals surface area contributed by atoms with Crippen molar-refractivity contribution >= 4 is 11.6 Å². The number of halogens is 2. The number of nitrogens with zero attached hydrogens (tertiary/aromatic N) is 1. The fraction of sp³-hybridized carbons (Fsp3) is 0.350. The molecular formula is C20H22F2N2O3. The maximum absolute atomic E-state index is 13.9. The van der Waals surface area contributed by atoms with E-state index < -0.39 is 11.6 Å². The van der Waals surface area contributed by atoms with Gasteiger partial charge in [-0.3, -0.25) is 9.69 Å². The van der Waals surface area contributed by atoms with E-state index in [4.69, 9.17) is 9.47 Å². The highest BCUT2D eigenvalue weighted by atomic mass is 19.1. The minimum atomic E-state index is -0.611. The Kier molecular flexibility index (Phi) is 5.91. The van der Waals surface area contributed by atoms with E-state index in [1.165, 1.54) is 26.4 Å². The molecule has 1 aliphatic rings. The van der Waals surface area contributed by atoms with Gasteiger partial charge in [-0.2, -0.15) is 0 Å². The van der Waals surface area contributed by atoms with E-state index in [1.807, 2.05) is 4.90 Å². The van der Waals surface area contributed by atoms with E-state index in [0.717, 1.165) is 18.9 Å². The van der Waals surface area contributed by atoms with Gasteiger partial charge in [-0.05, 0) is 31.0 Å². The summed E-state index contributed by atoms with van der Waals surface area (Å²) in [7, 11) is 3.06. The summed E-state index contributed by atoms with van der Waals surface area (Å²) < 4.78 is 37.4. The molecule has 0 atom stereocenters. The Morgan fingerprint density at radius 3 is 2.48 bits per heavy atom. The zero-order valence-corrected chi connectivity index (χ0v) is 15.3. The number of nitrogens with one attached hydrogen (secondary N) is 1. The van der Waals surface area contributed by atoms with E-state index >= 15 is 0 Å². The van der Waals surface area contributed by atoms with Crippen LogP contribution in [0.15, 0.2) is 36.4 Å². The predicted molar refractivity (Wildman–Crippen MR) is 98.0 cm³/mol. The molecule has 0 heterocycles. The molecule has 27 heavy (non-hydrogen) atoms. The first-order valence-corrected chi connectivity index (χ1v) is 8.70. The van der Waals surface area contributed by atoms with Gasteiger partial charge in [0.25, 0.3) is 0 Å². The van der Waals surface area contributed by atoms with E-state index in [-0.39, 0.29) is 25.0 Å². The van der Waals surface area contributed by atoms with Crippen molar-refractivity contribution in [3.8, 4) is 11.5 Å². The van der Waals surface area contributed by atoms with Crippen LogP contribution in [-0.2, 0) is 11.3 Å². The lowest BCUT2D eigenvalue weighted by Crippen LogP contribution is -2.34. The fourth-order valence-electron chi connectivity index (χ4n) is 2.92. The third kappa shape index (κ3) is 4.95. The van der Waals surface area contributed by atoms with Crippen LogP contribution in [0, 0.1) is 11.6 Å². The maximum Gasteiger partial charge on any atom is 0.238 e. The number of carbonyl (C=O) groups excluding carboxylic acids is 1. The topological polar surface area (TPSA) is 50.8 Å². The lowest BCUT2D eigenvalue weighted by molar-refractivity contribution is -0.117. The van der Waals surface area contributed by atoms with Crippen LogP contribution >= 0.6 is 0 Å². The quantitative estimate of drug-likeness (QED) is 0.765. The van der Waals surface area contributed by atoms with Gasteiger partial charge < -0.3 is 14.8 Å². The summed E-state index contributed by atoms with van der Waals surface area (Å²) in [6.07, 6.45) is 1.93. The normalized spacial score (nSPS) is 13.5. The minimum Gasteiger partial charge on any atom is -0.493 e. The highest BCUT2D eigenvalue weighted by molar-refractivity contribution is 5.92. The number of amides is 1. The number of hydrogen-bond donors (Lipinski definition) is 1. The molecule has 5 nitrogen and oxygen atoms in total. The first-order valence-electron chi connectivity index (χ1n) is 8.70. The summed E-state index contributed by atoms with van der Waals surface area (Å²) in [4.78, 5) is 14.4. The fourth-order valence-corrected chi connectivity index (χ4v) is 2.92. The highest BCUT2D eigenvalue weighted by Gasteiger charge is 2.31. The zero-order valence-electron chi connectivity index (χ0n) is 15.3. The van der Waals surface area contributed by atoms with Gasteiger partial charge in [-0.25, -0.2) is 8.78 Å². The number of ether oxygens (including phenoxy) is 2. The number of hydrogen-bond acceptors (Lipinski definition) is 4. The number of methoxy groups -OCH3 is 2. The summed E-state index contributed by atoms with van der Waals surface area (Å²) in [5.74, 6) is -0.331. The number of benzene rings is 2. The predicted octanol–water partition coefficient (Wildman–Crippen LogP) is 3.59. The first kappa shape index (κ1) is 19.1. The zero-order chi connectivity index (χ0) is 19.4. The van der Waals surface area contributed by atoms with Gasteiger partial charge in [0.1, 0.15) is 11.6 Å². The molecular weight excluding hydrogens is 354 g/mol. The lowest BCUT2D eigenvalue weighted by Gasteiger charge is -2.22. The minimum absolute atomic E-state index is 0.121. The van der Waals surface area contributed by atoms with E-state index in [2.05, 4.69) is 5.32 Å².